The molecule has 56 valence electrons. The van der Waals surface area contributed by atoms with E-state index in [0.29, 0.717) is 6.42 Å². The molecule has 0 saturated heterocycles. The topological polar surface area (TPSA) is 20.2 Å². The van der Waals surface area contributed by atoms with Crippen molar-refractivity contribution in [3.05, 3.63) is 0 Å². The highest BCUT2D eigenvalue weighted by molar-refractivity contribution is 4.55. The molecule has 0 spiro atoms. The van der Waals surface area contributed by atoms with Crippen LogP contribution in [0.1, 0.15) is 19.8 Å². The zero-order valence-electron chi connectivity index (χ0n) is 5.48. The first kappa shape index (κ1) is 8.82. The molecule has 0 aliphatic heterocycles. The van der Waals surface area contributed by atoms with Crippen LogP contribution in [-0.4, -0.2) is 18.1 Å². The van der Waals surface area contributed by atoms with Crippen molar-refractivity contribution in [2.24, 2.45) is 5.92 Å². The van der Waals surface area contributed by atoms with Gasteiger partial charge in [-0.2, -0.15) is 0 Å². The van der Waals surface area contributed by atoms with Crippen LogP contribution in [0.15, 0.2) is 0 Å². The molecular weight excluding hydrogens is 126 g/mol. The van der Waals surface area contributed by atoms with Crippen LogP contribution in [0.25, 0.3) is 0 Å². The molecule has 0 bridgehead atoms. The van der Waals surface area contributed by atoms with Gasteiger partial charge in [-0.25, -0.2) is 8.78 Å². The normalized spacial score (nSPS) is 14.3. The lowest BCUT2D eigenvalue weighted by Crippen LogP contribution is -2.08. The number of aliphatic hydroxyl groups excluding tert-OH is 1. The Morgan fingerprint density at radius 2 is 2.00 bits per heavy atom. The van der Waals surface area contributed by atoms with E-state index < -0.39 is 6.43 Å². The molecule has 0 aromatic carbocycles. The molecule has 0 heterocycles. The lowest BCUT2D eigenvalue weighted by molar-refractivity contribution is 0.0912. The Morgan fingerprint density at radius 1 is 1.44 bits per heavy atom. The highest BCUT2D eigenvalue weighted by Gasteiger charge is 2.11. The molecule has 0 aromatic rings. The Labute approximate surface area is 53.7 Å². The molecule has 1 atom stereocenters. The first-order valence-electron chi connectivity index (χ1n) is 3.09. The summed E-state index contributed by atoms with van der Waals surface area (Å²) in [5.74, 6) is -0.218. The third-order valence-electron chi connectivity index (χ3n) is 1.35. The van der Waals surface area contributed by atoms with Gasteiger partial charge in [-0.3, -0.25) is 0 Å². The smallest absolute Gasteiger partial charge is 0.239 e. The van der Waals surface area contributed by atoms with E-state index in [4.69, 9.17) is 5.11 Å². The molecule has 1 N–H and O–H groups in total. The monoisotopic (exact) mass is 138 g/mol. The third-order valence-corrected chi connectivity index (χ3v) is 1.35. The van der Waals surface area contributed by atoms with Gasteiger partial charge in [0.2, 0.25) is 6.43 Å². The van der Waals surface area contributed by atoms with Gasteiger partial charge in [0.05, 0.1) is 0 Å². The molecule has 3 heteroatoms. The lowest BCUT2D eigenvalue weighted by atomic mass is 10.0. The van der Waals surface area contributed by atoms with E-state index in [1.807, 2.05) is 0 Å². The van der Waals surface area contributed by atoms with Gasteiger partial charge >= 0.3 is 0 Å². The molecule has 0 radical (unpaired) electrons. The molecule has 0 aliphatic rings. The van der Waals surface area contributed by atoms with Crippen LogP contribution >= 0.6 is 0 Å². The summed E-state index contributed by atoms with van der Waals surface area (Å²) in [6, 6.07) is 0. The summed E-state index contributed by atoms with van der Waals surface area (Å²) in [5, 5.41) is 8.44. The summed E-state index contributed by atoms with van der Waals surface area (Å²) in [5.41, 5.74) is 0. The molecule has 0 aromatic heterocycles. The molecule has 9 heavy (non-hydrogen) atoms. The second kappa shape index (κ2) is 4.68. The Balaban J connectivity index is 3.31. The maximum atomic E-state index is 11.5. The summed E-state index contributed by atoms with van der Waals surface area (Å²) >= 11 is 0. The van der Waals surface area contributed by atoms with Crippen LogP contribution in [0.4, 0.5) is 8.78 Å². The van der Waals surface area contributed by atoms with Gasteiger partial charge in [-0.1, -0.05) is 13.3 Å². The van der Waals surface area contributed by atoms with Gasteiger partial charge in [-0.05, 0) is 5.92 Å². The van der Waals surface area contributed by atoms with Gasteiger partial charge < -0.3 is 5.11 Å². The third kappa shape index (κ3) is 4.33. The van der Waals surface area contributed by atoms with E-state index in [0.717, 1.165) is 0 Å². The van der Waals surface area contributed by atoms with Gasteiger partial charge in [0.15, 0.2) is 0 Å². The second-order valence-corrected chi connectivity index (χ2v) is 2.08. The van der Waals surface area contributed by atoms with Crippen molar-refractivity contribution in [3.63, 3.8) is 0 Å². The molecule has 0 aliphatic carbocycles. The molecular formula is C6H12F2O. The van der Waals surface area contributed by atoms with Crippen LogP contribution in [0, 0.1) is 5.92 Å². The number of halogens is 2. The van der Waals surface area contributed by atoms with Crippen molar-refractivity contribution in [1.29, 1.82) is 0 Å². The molecule has 0 saturated carbocycles. The zero-order chi connectivity index (χ0) is 7.28. The predicted molar refractivity (Wildman–Crippen MR) is 31.5 cm³/mol. The summed E-state index contributed by atoms with van der Waals surface area (Å²) in [6.07, 6.45) is -1.82. The van der Waals surface area contributed by atoms with E-state index in [1.165, 1.54) is 0 Å². The van der Waals surface area contributed by atoms with Gasteiger partial charge in [0.25, 0.3) is 0 Å². The van der Waals surface area contributed by atoms with Gasteiger partial charge in [0.1, 0.15) is 0 Å². The minimum Gasteiger partial charge on any atom is -0.396 e. The van der Waals surface area contributed by atoms with E-state index >= 15 is 0 Å². The summed E-state index contributed by atoms with van der Waals surface area (Å²) < 4.78 is 23.1. The van der Waals surface area contributed by atoms with Crippen molar-refractivity contribution < 1.29 is 13.9 Å². The fourth-order valence-corrected chi connectivity index (χ4v) is 0.622. The second-order valence-electron chi connectivity index (χ2n) is 2.08. The standard InChI is InChI=1S/C6H12F2O/c1-2-5(4-9)3-6(7)8/h5-6,9H,2-4H2,1H3/t5-/m0/s1. The van der Waals surface area contributed by atoms with Gasteiger partial charge in [0, 0.05) is 13.0 Å². The molecule has 0 amide bonds. The minimum absolute atomic E-state index is 0.124. The first-order chi connectivity index (χ1) is 4.20. The fraction of sp³-hybridized carbons (Fsp3) is 1.00. The summed E-state index contributed by atoms with van der Waals surface area (Å²) in [4.78, 5) is 0. The average Bonchev–Trinajstić information content (AvgIpc) is 1.82. The van der Waals surface area contributed by atoms with E-state index in [9.17, 15) is 8.78 Å². The Morgan fingerprint density at radius 3 is 2.11 bits per heavy atom. The number of alkyl halides is 2. The Bertz CT molecular complexity index is 62.1. The SMILES string of the molecule is CC[C@H](CO)CC(F)F. The van der Waals surface area contributed by atoms with E-state index in [1.54, 1.807) is 6.92 Å². The number of hydrogen-bond acceptors (Lipinski definition) is 1. The molecule has 0 unspecified atom stereocenters. The maximum absolute atomic E-state index is 11.5. The Hall–Kier alpha value is -0.180. The quantitative estimate of drug-likeness (QED) is 0.626. The number of aliphatic hydroxyl groups is 1. The van der Waals surface area contributed by atoms with Crippen LogP contribution in [-0.2, 0) is 0 Å². The van der Waals surface area contributed by atoms with Crippen molar-refractivity contribution >= 4 is 0 Å². The minimum atomic E-state index is -2.28. The largest absolute Gasteiger partial charge is 0.396 e. The molecule has 1 nitrogen and oxygen atoms in total. The molecule has 0 fully saturated rings. The van der Waals surface area contributed by atoms with E-state index in [2.05, 4.69) is 0 Å². The van der Waals surface area contributed by atoms with Crippen LogP contribution in [0.5, 0.6) is 0 Å². The predicted octanol–water partition coefficient (Wildman–Crippen LogP) is 1.66. The van der Waals surface area contributed by atoms with Crippen LogP contribution in [0.2, 0.25) is 0 Å². The fourth-order valence-electron chi connectivity index (χ4n) is 0.622. The summed E-state index contributed by atoms with van der Waals surface area (Å²) in [7, 11) is 0. The van der Waals surface area contributed by atoms with Crippen molar-refractivity contribution in [2.75, 3.05) is 6.61 Å². The molecule has 0 rings (SSSR count). The maximum Gasteiger partial charge on any atom is 0.239 e. The highest BCUT2D eigenvalue weighted by Crippen LogP contribution is 2.12. The van der Waals surface area contributed by atoms with Crippen LogP contribution in [0.3, 0.4) is 0 Å². The average molecular weight is 138 g/mol. The zero-order valence-corrected chi connectivity index (χ0v) is 5.48. The van der Waals surface area contributed by atoms with Gasteiger partial charge in [-0.15, -0.1) is 0 Å². The highest BCUT2D eigenvalue weighted by atomic mass is 19.3. The van der Waals surface area contributed by atoms with Crippen LogP contribution < -0.4 is 0 Å². The van der Waals surface area contributed by atoms with Crippen molar-refractivity contribution in [1.82, 2.24) is 0 Å². The number of hydrogen-bond donors (Lipinski definition) is 1. The summed E-state index contributed by atoms with van der Waals surface area (Å²) in [6.45, 7) is 1.67. The first-order valence-corrected chi connectivity index (χ1v) is 3.09. The number of rotatable bonds is 4. The van der Waals surface area contributed by atoms with Crippen molar-refractivity contribution in [2.45, 2.75) is 26.2 Å². The van der Waals surface area contributed by atoms with Crippen molar-refractivity contribution in [3.8, 4) is 0 Å². The lowest BCUT2D eigenvalue weighted by Gasteiger charge is -2.08. The Kier molecular flexibility index (Phi) is 4.58. The van der Waals surface area contributed by atoms with E-state index in [-0.39, 0.29) is 18.9 Å².